The Labute approximate surface area is 140 Å². The van der Waals surface area contributed by atoms with E-state index in [1.807, 2.05) is 0 Å². The van der Waals surface area contributed by atoms with Crippen LogP contribution in [0.3, 0.4) is 0 Å². The minimum atomic E-state index is -0.124. The minimum absolute atomic E-state index is 0.0857. The molecule has 2 amide bonds. The molecule has 24 heavy (non-hydrogen) atoms. The second kappa shape index (κ2) is 7.53. The van der Waals surface area contributed by atoms with Gasteiger partial charge in [0, 0.05) is 44.8 Å². The van der Waals surface area contributed by atoms with Gasteiger partial charge in [0.1, 0.15) is 0 Å². The molecule has 0 radical (unpaired) electrons. The van der Waals surface area contributed by atoms with E-state index < -0.39 is 0 Å². The van der Waals surface area contributed by atoms with Crippen LogP contribution in [0.1, 0.15) is 26.2 Å². The van der Waals surface area contributed by atoms with E-state index in [0.717, 1.165) is 19.4 Å². The van der Waals surface area contributed by atoms with Crippen molar-refractivity contribution in [2.24, 2.45) is 0 Å². The average Bonchev–Trinajstić information content (AvgIpc) is 3.23. The van der Waals surface area contributed by atoms with Gasteiger partial charge in [0.05, 0.1) is 6.10 Å². The summed E-state index contributed by atoms with van der Waals surface area (Å²) in [6.45, 7) is 3.28. The largest absolute Gasteiger partial charge is 0.454 e. The van der Waals surface area contributed by atoms with Gasteiger partial charge in [-0.1, -0.05) is 0 Å². The fourth-order valence-electron chi connectivity index (χ4n) is 2.86. The smallest absolute Gasteiger partial charge is 0.231 e. The van der Waals surface area contributed by atoms with Gasteiger partial charge in [-0.2, -0.15) is 0 Å². The number of rotatable bonds is 6. The Kier molecular flexibility index (Phi) is 5.20. The van der Waals surface area contributed by atoms with Crippen molar-refractivity contribution in [1.82, 2.24) is 5.32 Å². The Hall–Kier alpha value is -2.28. The van der Waals surface area contributed by atoms with Crippen LogP contribution >= 0.6 is 0 Å². The van der Waals surface area contributed by atoms with Crippen molar-refractivity contribution in [3.8, 4) is 11.5 Å². The lowest BCUT2D eigenvalue weighted by molar-refractivity contribution is -0.121. The van der Waals surface area contributed by atoms with Crippen molar-refractivity contribution in [3.05, 3.63) is 18.2 Å². The molecule has 0 aliphatic carbocycles. The van der Waals surface area contributed by atoms with Gasteiger partial charge >= 0.3 is 0 Å². The molecule has 1 aromatic carbocycles. The molecular weight excluding hydrogens is 312 g/mol. The first kappa shape index (κ1) is 16.6. The molecule has 1 N–H and O–H groups in total. The number of nitrogens with zero attached hydrogens (tertiary/aromatic N) is 1. The normalized spacial score (nSPS) is 18.5. The van der Waals surface area contributed by atoms with Gasteiger partial charge in [0.25, 0.3) is 0 Å². The lowest BCUT2D eigenvalue weighted by Gasteiger charge is -2.21. The van der Waals surface area contributed by atoms with E-state index >= 15 is 0 Å². The molecule has 0 bridgehead atoms. The molecule has 7 heteroatoms. The van der Waals surface area contributed by atoms with E-state index in [4.69, 9.17) is 14.2 Å². The van der Waals surface area contributed by atoms with Crippen LogP contribution in [0.5, 0.6) is 11.5 Å². The number of fused-ring (bicyclic) bond motifs is 1. The molecule has 1 aromatic rings. The summed E-state index contributed by atoms with van der Waals surface area (Å²) >= 11 is 0. The first-order valence-electron chi connectivity index (χ1n) is 8.19. The van der Waals surface area contributed by atoms with Gasteiger partial charge < -0.3 is 24.4 Å². The molecule has 2 aliphatic rings. The van der Waals surface area contributed by atoms with Gasteiger partial charge in [-0.3, -0.25) is 9.59 Å². The van der Waals surface area contributed by atoms with Crippen LogP contribution in [-0.2, 0) is 14.3 Å². The average molecular weight is 334 g/mol. The van der Waals surface area contributed by atoms with Gasteiger partial charge in [-0.05, 0) is 25.0 Å². The van der Waals surface area contributed by atoms with Crippen LogP contribution in [-0.4, -0.2) is 44.4 Å². The summed E-state index contributed by atoms with van der Waals surface area (Å²) < 4.78 is 16.1. The topological polar surface area (TPSA) is 77.1 Å². The Balaban J connectivity index is 1.54. The zero-order chi connectivity index (χ0) is 16.9. The molecule has 7 nitrogen and oxygen atoms in total. The first-order chi connectivity index (χ1) is 11.6. The van der Waals surface area contributed by atoms with Gasteiger partial charge in [0.2, 0.25) is 18.6 Å². The molecule has 2 heterocycles. The van der Waals surface area contributed by atoms with E-state index in [2.05, 4.69) is 5.32 Å². The van der Waals surface area contributed by atoms with Crippen LogP contribution in [0.25, 0.3) is 0 Å². The van der Waals surface area contributed by atoms with Crippen LogP contribution in [0.15, 0.2) is 18.2 Å². The second-order valence-corrected chi connectivity index (χ2v) is 5.90. The standard InChI is InChI=1S/C17H22N2O5/c1-12(20)19(13-4-5-15-16(9-13)24-11-23-15)7-6-17(21)18-10-14-3-2-8-22-14/h4-5,9,14H,2-3,6-8,10-11H2,1H3,(H,18,21). The highest BCUT2D eigenvalue weighted by atomic mass is 16.7. The molecule has 2 aliphatic heterocycles. The predicted octanol–water partition coefficient (Wildman–Crippen LogP) is 1.45. The molecule has 1 saturated heterocycles. The Morgan fingerprint density at radius 3 is 2.88 bits per heavy atom. The summed E-state index contributed by atoms with van der Waals surface area (Å²) in [5.74, 6) is 1.07. The van der Waals surface area contributed by atoms with Crippen molar-refractivity contribution in [2.45, 2.75) is 32.3 Å². The number of carbonyl (C=O) groups excluding carboxylic acids is 2. The molecule has 1 fully saturated rings. The number of ether oxygens (including phenoxy) is 3. The molecule has 1 atom stereocenters. The fraction of sp³-hybridized carbons (Fsp3) is 0.529. The Bertz CT molecular complexity index is 613. The first-order valence-corrected chi connectivity index (χ1v) is 8.19. The van der Waals surface area contributed by atoms with Gasteiger partial charge in [-0.25, -0.2) is 0 Å². The quantitative estimate of drug-likeness (QED) is 0.852. The van der Waals surface area contributed by atoms with Crippen LogP contribution in [0.4, 0.5) is 5.69 Å². The summed E-state index contributed by atoms with van der Waals surface area (Å²) in [4.78, 5) is 25.5. The molecule has 1 unspecified atom stereocenters. The molecular formula is C17H22N2O5. The third kappa shape index (κ3) is 3.97. The van der Waals surface area contributed by atoms with Crippen LogP contribution in [0.2, 0.25) is 0 Å². The third-order valence-corrected chi connectivity index (χ3v) is 4.16. The molecule has 0 aromatic heterocycles. The van der Waals surface area contributed by atoms with E-state index in [0.29, 0.717) is 30.3 Å². The predicted molar refractivity (Wildman–Crippen MR) is 87.2 cm³/mol. The van der Waals surface area contributed by atoms with Gasteiger partial charge in [-0.15, -0.1) is 0 Å². The van der Waals surface area contributed by atoms with Crippen molar-refractivity contribution in [2.75, 3.05) is 31.4 Å². The van der Waals surface area contributed by atoms with Crippen LogP contribution < -0.4 is 19.7 Å². The van der Waals surface area contributed by atoms with Gasteiger partial charge in [0.15, 0.2) is 11.5 Å². The molecule has 0 saturated carbocycles. The Morgan fingerprint density at radius 2 is 2.12 bits per heavy atom. The lowest BCUT2D eigenvalue weighted by Crippen LogP contribution is -2.36. The summed E-state index contributed by atoms with van der Waals surface area (Å²) in [6, 6.07) is 5.32. The summed E-state index contributed by atoms with van der Waals surface area (Å²) in [6.07, 6.45) is 2.38. The van der Waals surface area contributed by atoms with Crippen molar-refractivity contribution in [1.29, 1.82) is 0 Å². The number of carbonyl (C=O) groups is 2. The summed E-state index contributed by atoms with van der Waals surface area (Å²) in [7, 11) is 0. The van der Waals surface area contributed by atoms with E-state index in [9.17, 15) is 9.59 Å². The fourth-order valence-corrected chi connectivity index (χ4v) is 2.86. The monoisotopic (exact) mass is 334 g/mol. The number of amides is 2. The lowest BCUT2D eigenvalue weighted by atomic mass is 10.2. The minimum Gasteiger partial charge on any atom is -0.454 e. The molecule has 0 spiro atoms. The number of benzene rings is 1. The van der Waals surface area contributed by atoms with Crippen molar-refractivity contribution < 1.29 is 23.8 Å². The highest BCUT2D eigenvalue weighted by Gasteiger charge is 2.20. The SMILES string of the molecule is CC(=O)N(CCC(=O)NCC1CCCO1)c1ccc2c(c1)OCO2. The molecule has 3 rings (SSSR count). The zero-order valence-corrected chi connectivity index (χ0v) is 13.7. The molecule has 130 valence electrons. The van der Waals surface area contributed by atoms with Crippen molar-refractivity contribution in [3.63, 3.8) is 0 Å². The van der Waals surface area contributed by atoms with Crippen LogP contribution in [0, 0.1) is 0 Å². The zero-order valence-electron chi connectivity index (χ0n) is 13.7. The number of hydrogen-bond acceptors (Lipinski definition) is 5. The Morgan fingerprint density at radius 1 is 1.29 bits per heavy atom. The maximum Gasteiger partial charge on any atom is 0.231 e. The van der Waals surface area contributed by atoms with E-state index in [1.54, 1.807) is 23.1 Å². The highest BCUT2D eigenvalue weighted by molar-refractivity contribution is 5.92. The van der Waals surface area contributed by atoms with E-state index in [-0.39, 0.29) is 31.1 Å². The third-order valence-electron chi connectivity index (χ3n) is 4.16. The maximum atomic E-state index is 12.0. The second-order valence-electron chi connectivity index (χ2n) is 5.90. The number of nitrogens with one attached hydrogen (secondary N) is 1. The highest BCUT2D eigenvalue weighted by Crippen LogP contribution is 2.35. The summed E-state index contributed by atoms with van der Waals surface area (Å²) in [5.41, 5.74) is 0.693. The number of anilines is 1. The van der Waals surface area contributed by atoms with E-state index in [1.165, 1.54) is 6.92 Å². The summed E-state index contributed by atoms with van der Waals surface area (Å²) in [5, 5.41) is 2.87. The van der Waals surface area contributed by atoms with Crippen molar-refractivity contribution >= 4 is 17.5 Å². The number of hydrogen-bond donors (Lipinski definition) is 1. The maximum absolute atomic E-state index is 12.0.